The van der Waals surface area contributed by atoms with Gasteiger partial charge in [0.2, 0.25) is 0 Å². The number of hydrogen-bond donors (Lipinski definition) is 0. The fraction of sp³-hybridized carbons (Fsp3) is 0.438. The van der Waals surface area contributed by atoms with Crippen LogP contribution in [-0.2, 0) is 10.2 Å². The number of aldehydes is 1. The summed E-state index contributed by atoms with van der Waals surface area (Å²) in [5, 5.41) is 0. The Kier molecular flexibility index (Phi) is 3.64. The highest BCUT2D eigenvalue weighted by Crippen LogP contribution is 2.52. The lowest BCUT2D eigenvalue weighted by Crippen LogP contribution is -2.07. The van der Waals surface area contributed by atoms with Crippen LogP contribution in [0.1, 0.15) is 38.2 Å². The molecule has 0 amide bonds. The van der Waals surface area contributed by atoms with E-state index in [1.54, 1.807) is 0 Å². The zero-order valence-corrected chi connectivity index (χ0v) is 10.3. The van der Waals surface area contributed by atoms with Gasteiger partial charge in [-0.3, -0.25) is 0 Å². The summed E-state index contributed by atoms with van der Waals surface area (Å²) in [5.41, 5.74) is 1.03. The van der Waals surface area contributed by atoms with Gasteiger partial charge in [0.15, 0.2) is 0 Å². The van der Waals surface area contributed by atoms with Crippen LogP contribution in [0.4, 0.5) is 0 Å². The Balaban J connectivity index is 2.17. The maximum atomic E-state index is 11.0. The van der Waals surface area contributed by atoms with Crippen LogP contribution in [0, 0.1) is 17.8 Å². The first-order valence-electron chi connectivity index (χ1n) is 6.34. The van der Waals surface area contributed by atoms with E-state index < -0.39 is 0 Å². The SMILES string of the molecule is CCCCC#C[C@]1(c2ccccc2)C[C@@H]1C=O. The van der Waals surface area contributed by atoms with E-state index in [2.05, 4.69) is 30.9 Å². The molecule has 0 aromatic heterocycles. The van der Waals surface area contributed by atoms with Crippen LogP contribution in [0.2, 0.25) is 0 Å². The first-order valence-corrected chi connectivity index (χ1v) is 6.34. The molecule has 1 fully saturated rings. The molecule has 0 heterocycles. The number of unbranched alkanes of at least 4 members (excludes halogenated alkanes) is 2. The van der Waals surface area contributed by atoms with Crippen molar-refractivity contribution in [2.24, 2.45) is 5.92 Å². The summed E-state index contributed by atoms with van der Waals surface area (Å²) in [6.45, 7) is 2.17. The zero-order chi connectivity index (χ0) is 12.1. The quantitative estimate of drug-likeness (QED) is 0.437. The molecular formula is C16H18O. The topological polar surface area (TPSA) is 17.1 Å². The van der Waals surface area contributed by atoms with E-state index in [-0.39, 0.29) is 11.3 Å². The molecule has 0 unspecified atom stereocenters. The third kappa shape index (κ3) is 2.42. The van der Waals surface area contributed by atoms with Crippen LogP contribution in [0.25, 0.3) is 0 Å². The molecule has 0 aliphatic heterocycles. The largest absolute Gasteiger partial charge is 0.303 e. The third-order valence-electron chi connectivity index (χ3n) is 3.43. The molecule has 2 atom stereocenters. The molecule has 1 aromatic rings. The molecule has 2 rings (SSSR count). The summed E-state index contributed by atoms with van der Waals surface area (Å²) >= 11 is 0. The van der Waals surface area contributed by atoms with E-state index in [0.717, 1.165) is 25.5 Å². The van der Waals surface area contributed by atoms with Crippen molar-refractivity contribution in [3.8, 4) is 11.8 Å². The minimum Gasteiger partial charge on any atom is -0.303 e. The Labute approximate surface area is 103 Å². The van der Waals surface area contributed by atoms with Gasteiger partial charge in [-0.2, -0.15) is 0 Å². The van der Waals surface area contributed by atoms with E-state index in [1.165, 1.54) is 12.0 Å². The lowest BCUT2D eigenvalue weighted by atomic mass is 9.94. The first kappa shape index (κ1) is 11.9. The Bertz CT molecular complexity index is 438. The van der Waals surface area contributed by atoms with E-state index in [9.17, 15) is 4.79 Å². The molecule has 0 spiro atoms. The van der Waals surface area contributed by atoms with Crippen molar-refractivity contribution in [2.45, 2.75) is 38.0 Å². The van der Waals surface area contributed by atoms with Crippen molar-refractivity contribution >= 4 is 6.29 Å². The first-order chi connectivity index (χ1) is 8.33. The summed E-state index contributed by atoms with van der Waals surface area (Å²) in [5.74, 6) is 6.68. The third-order valence-corrected chi connectivity index (χ3v) is 3.43. The maximum Gasteiger partial charge on any atom is 0.125 e. The number of hydrogen-bond acceptors (Lipinski definition) is 1. The Morgan fingerprint density at radius 2 is 2.18 bits per heavy atom. The molecule has 0 saturated heterocycles. The average molecular weight is 226 g/mol. The number of carbonyl (C=O) groups is 1. The molecule has 1 aliphatic carbocycles. The number of carbonyl (C=O) groups excluding carboxylic acids is 1. The zero-order valence-electron chi connectivity index (χ0n) is 10.3. The van der Waals surface area contributed by atoms with Crippen LogP contribution in [0.5, 0.6) is 0 Å². The molecule has 1 heteroatoms. The van der Waals surface area contributed by atoms with Gasteiger partial charge >= 0.3 is 0 Å². The minimum absolute atomic E-state index is 0.0963. The summed E-state index contributed by atoms with van der Waals surface area (Å²) in [6.07, 6.45) is 5.20. The van der Waals surface area contributed by atoms with Gasteiger partial charge in [0.1, 0.15) is 6.29 Å². The van der Waals surface area contributed by atoms with Gasteiger partial charge in [-0.25, -0.2) is 0 Å². The van der Waals surface area contributed by atoms with Crippen molar-refractivity contribution in [1.82, 2.24) is 0 Å². The van der Waals surface area contributed by atoms with Crippen LogP contribution >= 0.6 is 0 Å². The van der Waals surface area contributed by atoms with Gasteiger partial charge < -0.3 is 4.79 Å². The molecular weight excluding hydrogens is 208 g/mol. The molecule has 0 bridgehead atoms. The average Bonchev–Trinajstić information content (AvgIpc) is 3.11. The highest BCUT2D eigenvalue weighted by molar-refractivity contribution is 5.68. The maximum absolute atomic E-state index is 11.0. The van der Waals surface area contributed by atoms with Crippen LogP contribution < -0.4 is 0 Å². The van der Waals surface area contributed by atoms with Crippen LogP contribution in [-0.4, -0.2) is 6.29 Å². The molecule has 1 aromatic carbocycles. The van der Waals surface area contributed by atoms with E-state index in [0.29, 0.717) is 0 Å². The fourth-order valence-corrected chi connectivity index (χ4v) is 2.22. The summed E-state index contributed by atoms with van der Waals surface area (Å²) < 4.78 is 0. The standard InChI is InChI=1S/C16H18O/c1-2-3-4-8-11-16(12-15(16)13-17)14-9-6-5-7-10-14/h5-7,9-10,13,15H,2-4,12H2,1H3/t15-,16-/m1/s1. The van der Waals surface area contributed by atoms with Crippen molar-refractivity contribution in [1.29, 1.82) is 0 Å². The lowest BCUT2D eigenvalue weighted by molar-refractivity contribution is -0.109. The lowest BCUT2D eigenvalue weighted by Gasteiger charge is -2.08. The molecule has 1 aliphatic rings. The normalized spacial score (nSPS) is 25.8. The van der Waals surface area contributed by atoms with E-state index in [1.807, 2.05) is 18.2 Å². The van der Waals surface area contributed by atoms with Crippen molar-refractivity contribution in [2.75, 3.05) is 0 Å². The number of rotatable bonds is 4. The summed E-state index contributed by atoms with van der Waals surface area (Å²) in [6, 6.07) is 10.2. The molecule has 88 valence electrons. The van der Waals surface area contributed by atoms with E-state index >= 15 is 0 Å². The highest BCUT2D eigenvalue weighted by atomic mass is 16.1. The Hall–Kier alpha value is -1.55. The van der Waals surface area contributed by atoms with Crippen LogP contribution in [0.3, 0.4) is 0 Å². The number of benzene rings is 1. The van der Waals surface area contributed by atoms with Crippen LogP contribution in [0.15, 0.2) is 30.3 Å². The molecule has 1 nitrogen and oxygen atoms in total. The molecule has 1 saturated carbocycles. The van der Waals surface area contributed by atoms with Gasteiger partial charge in [0.05, 0.1) is 5.41 Å². The second-order valence-electron chi connectivity index (χ2n) is 4.69. The van der Waals surface area contributed by atoms with Gasteiger partial charge in [0.25, 0.3) is 0 Å². The van der Waals surface area contributed by atoms with Gasteiger partial charge in [-0.1, -0.05) is 49.6 Å². The predicted molar refractivity (Wildman–Crippen MR) is 69.6 cm³/mol. The Morgan fingerprint density at radius 1 is 1.41 bits per heavy atom. The molecule has 17 heavy (non-hydrogen) atoms. The highest BCUT2D eigenvalue weighted by Gasteiger charge is 2.54. The smallest absolute Gasteiger partial charge is 0.125 e. The predicted octanol–water partition coefficient (Wildman–Crippen LogP) is 3.34. The van der Waals surface area contributed by atoms with E-state index in [4.69, 9.17) is 0 Å². The van der Waals surface area contributed by atoms with Crippen molar-refractivity contribution in [3.63, 3.8) is 0 Å². The Morgan fingerprint density at radius 3 is 2.76 bits per heavy atom. The second-order valence-corrected chi connectivity index (χ2v) is 4.69. The monoisotopic (exact) mass is 226 g/mol. The van der Waals surface area contributed by atoms with Gasteiger partial charge in [-0.05, 0) is 18.4 Å². The van der Waals surface area contributed by atoms with Crippen molar-refractivity contribution < 1.29 is 4.79 Å². The van der Waals surface area contributed by atoms with Crippen molar-refractivity contribution in [3.05, 3.63) is 35.9 Å². The van der Waals surface area contributed by atoms with Gasteiger partial charge in [-0.15, -0.1) is 5.92 Å². The molecule has 0 N–H and O–H groups in total. The van der Waals surface area contributed by atoms with Gasteiger partial charge in [0, 0.05) is 12.3 Å². The molecule has 0 radical (unpaired) electrons. The second kappa shape index (κ2) is 5.19. The summed E-state index contributed by atoms with van der Waals surface area (Å²) in [7, 11) is 0. The minimum atomic E-state index is -0.170. The summed E-state index contributed by atoms with van der Waals surface area (Å²) in [4.78, 5) is 11.0. The fourth-order valence-electron chi connectivity index (χ4n) is 2.22.